The second kappa shape index (κ2) is 12.3. The molecule has 0 bridgehead atoms. The molecule has 0 aromatic heterocycles. The van der Waals surface area contributed by atoms with Crippen molar-refractivity contribution in [3.63, 3.8) is 0 Å². The van der Waals surface area contributed by atoms with Gasteiger partial charge < -0.3 is 20.1 Å². The van der Waals surface area contributed by atoms with E-state index in [0.29, 0.717) is 30.3 Å². The highest BCUT2D eigenvalue weighted by Crippen LogP contribution is 2.21. The Morgan fingerprint density at radius 3 is 2.58 bits per heavy atom. The molecule has 0 radical (unpaired) electrons. The van der Waals surface area contributed by atoms with Crippen molar-refractivity contribution in [3.8, 4) is 0 Å². The lowest BCUT2D eigenvalue weighted by Crippen LogP contribution is -2.40. The zero-order valence-corrected chi connectivity index (χ0v) is 18.7. The molecule has 2 aromatic rings. The summed E-state index contributed by atoms with van der Waals surface area (Å²) >= 11 is 6.02. The van der Waals surface area contributed by atoms with Crippen molar-refractivity contribution in [2.75, 3.05) is 46.0 Å². The summed E-state index contributed by atoms with van der Waals surface area (Å²) in [5.74, 6) is -1.66. The summed E-state index contributed by atoms with van der Waals surface area (Å²) in [4.78, 5) is 38.9. The molecule has 1 aliphatic heterocycles. The summed E-state index contributed by atoms with van der Waals surface area (Å²) in [6.45, 7) is 3.41. The average molecular weight is 478 g/mol. The van der Waals surface area contributed by atoms with Crippen LogP contribution in [0.1, 0.15) is 21.5 Å². The molecule has 2 amide bonds. The van der Waals surface area contributed by atoms with Crippen LogP contribution in [0.3, 0.4) is 0 Å². The van der Waals surface area contributed by atoms with Crippen molar-refractivity contribution in [2.45, 2.75) is 6.54 Å². The van der Waals surface area contributed by atoms with Gasteiger partial charge in [0.1, 0.15) is 19.0 Å². The molecule has 1 aliphatic rings. The maximum absolute atomic E-state index is 14.1. The summed E-state index contributed by atoms with van der Waals surface area (Å²) in [5.41, 5.74) is 0.561. The summed E-state index contributed by atoms with van der Waals surface area (Å²) in [7, 11) is 0. The number of ether oxygens (including phenoxy) is 2. The normalized spacial score (nSPS) is 13.9. The van der Waals surface area contributed by atoms with Crippen LogP contribution in [-0.4, -0.2) is 68.7 Å². The van der Waals surface area contributed by atoms with Gasteiger partial charge in [-0.3, -0.25) is 14.5 Å². The minimum absolute atomic E-state index is 0.000708. The third-order valence-electron chi connectivity index (χ3n) is 5.05. The maximum Gasteiger partial charge on any atom is 0.407 e. The van der Waals surface area contributed by atoms with E-state index in [-0.39, 0.29) is 30.8 Å². The number of morpholine rings is 1. The number of nitrogens with one attached hydrogen (secondary N) is 2. The Balaban J connectivity index is 1.47. The van der Waals surface area contributed by atoms with E-state index in [1.807, 2.05) is 0 Å². The first-order chi connectivity index (χ1) is 15.9. The molecule has 2 N–H and O–H groups in total. The molecule has 8 nitrogen and oxygen atoms in total. The minimum Gasteiger partial charge on any atom is -0.448 e. The number of carbonyl (C=O) groups excluding carboxylic acids is 3. The van der Waals surface area contributed by atoms with Gasteiger partial charge in [0.2, 0.25) is 5.91 Å². The van der Waals surface area contributed by atoms with Crippen LogP contribution in [0.5, 0.6) is 0 Å². The number of ketones is 1. The number of halogens is 2. The quantitative estimate of drug-likeness (QED) is 0.538. The van der Waals surface area contributed by atoms with E-state index in [1.165, 1.54) is 24.3 Å². The summed E-state index contributed by atoms with van der Waals surface area (Å²) < 4.78 is 24.4. The topological polar surface area (TPSA) is 97.0 Å². The number of hydrogen-bond acceptors (Lipinski definition) is 6. The molecule has 0 saturated carbocycles. The Hall–Kier alpha value is -3.01. The molecule has 1 saturated heterocycles. The second-order valence-electron chi connectivity index (χ2n) is 7.33. The number of benzene rings is 2. The molecule has 0 aliphatic carbocycles. The van der Waals surface area contributed by atoms with Crippen LogP contribution in [0.15, 0.2) is 42.5 Å². The van der Waals surface area contributed by atoms with Gasteiger partial charge in [-0.05, 0) is 29.8 Å². The van der Waals surface area contributed by atoms with Crippen molar-refractivity contribution >= 4 is 29.4 Å². The molecule has 2 aromatic carbocycles. The van der Waals surface area contributed by atoms with E-state index in [0.717, 1.165) is 13.1 Å². The van der Waals surface area contributed by atoms with E-state index < -0.39 is 23.6 Å². The van der Waals surface area contributed by atoms with Crippen LogP contribution < -0.4 is 10.6 Å². The van der Waals surface area contributed by atoms with Gasteiger partial charge in [0.25, 0.3) is 0 Å². The van der Waals surface area contributed by atoms with Crippen LogP contribution in [0.2, 0.25) is 5.02 Å². The number of amides is 2. The number of carbonyl (C=O) groups is 3. The van der Waals surface area contributed by atoms with E-state index in [9.17, 15) is 18.8 Å². The third-order valence-corrected chi connectivity index (χ3v) is 5.28. The zero-order chi connectivity index (χ0) is 23.6. The molecular formula is C23H25ClFN3O5. The number of rotatable bonds is 9. The summed E-state index contributed by atoms with van der Waals surface area (Å²) in [6, 6.07) is 10.2. The van der Waals surface area contributed by atoms with Crippen molar-refractivity contribution in [1.82, 2.24) is 15.5 Å². The van der Waals surface area contributed by atoms with Crippen LogP contribution in [-0.2, 0) is 20.8 Å². The molecule has 0 atom stereocenters. The Bertz CT molecular complexity index is 998. The van der Waals surface area contributed by atoms with Crippen molar-refractivity contribution in [1.29, 1.82) is 0 Å². The fraction of sp³-hybridized carbons (Fsp3) is 0.348. The first kappa shape index (κ1) is 24.6. The highest BCUT2D eigenvalue weighted by Gasteiger charge is 2.18. The molecule has 176 valence electrons. The van der Waals surface area contributed by atoms with Crippen LogP contribution in [0.4, 0.5) is 9.18 Å². The van der Waals surface area contributed by atoms with Crippen LogP contribution in [0.25, 0.3) is 0 Å². The lowest BCUT2D eigenvalue weighted by atomic mass is 9.98. The third kappa shape index (κ3) is 7.52. The van der Waals surface area contributed by atoms with Gasteiger partial charge in [-0.1, -0.05) is 29.8 Å². The molecule has 33 heavy (non-hydrogen) atoms. The van der Waals surface area contributed by atoms with Crippen LogP contribution >= 0.6 is 11.6 Å². The first-order valence-electron chi connectivity index (χ1n) is 10.5. The predicted molar refractivity (Wildman–Crippen MR) is 120 cm³/mol. The molecule has 1 heterocycles. The summed E-state index contributed by atoms with van der Waals surface area (Å²) in [6.07, 6.45) is -0.694. The van der Waals surface area contributed by atoms with Gasteiger partial charge in [-0.25, -0.2) is 9.18 Å². The predicted octanol–water partition coefficient (Wildman–Crippen LogP) is 2.38. The zero-order valence-electron chi connectivity index (χ0n) is 17.9. The van der Waals surface area contributed by atoms with Gasteiger partial charge in [0.05, 0.1) is 18.8 Å². The molecular weight excluding hydrogens is 453 g/mol. The Kier molecular flexibility index (Phi) is 9.17. The highest BCUT2D eigenvalue weighted by molar-refractivity contribution is 6.31. The van der Waals surface area contributed by atoms with E-state index in [2.05, 4.69) is 15.5 Å². The summed E-state index contributed by atoms with van der Waals surface area (Å²) in [5, 5.41) is 5.32. The minimum atomic E-state index is -0.694. The van der Waals surface area contributed by atoms with E-state index in [1.54, 1.807) is 18.2 Å². The van der Waals surface area contributed by atoms with Crippen molar-refractivity contribution in [3.05, 3.63) is 70.0 Å². The van der Waals surface area contributed by atoms with E-state index in [4.69, 9.17) is 21.1 Å². The average Bonchev–Trinajstić information content (AvgIpc) is 2.82. The van der Waals surface area contributed by atoms with Gasteiger partial charge >= 0.3 is 6.09 Å². The van der Waals surface area contributed by atoms with Gasteiger partial charge in [0, 0.05) is 36.8 Å². The lowest BCUT2D eigenvalue weighted by molar-refractivity contribution is -0.120. The molecule has 1 fully saturated rings. The van der Waals surface area contributed by atoms with Crippen LogP contribution in [0, 0.1) is 5.82 Å². The monoisotopic (exact) mass is 477 g/mol. The Morgan fingerprint density at radius 1 is 1.06 bits per heavy atom. The molecule has 10 heteroatoms. The van der Waals surface area contributed by atoms with Gasteiger partial charge in [-0.15, -0.1) is 0 Å². The molecule has 0 spiro atoms. The highest BCUT2D eigenvalue weighted by atomic mass is 35.5. The van der Waals surface area contributed by atoms with Gasteiger partial charge in [0.15, 0.2) is 5.78 Å². The Morgan fingerprint density at radius 2 is 1.82 bits per heavy atom. The fourth-order valence-corrected chi connectivity index (χ4v) is 3.43. The smallest absolute Gasteiger partial charge is 0.407 e. The second-order valence-corrected chi connectivity index (χ2v) is 7.77. The molecule has 3 rings (SSSR count). The van der Waals surface area contributed by atoms with Crippen molar-refractivity contribution in [2.24, 2.45) is 0 Å². The van der Waals surface area contributed by atoms with Gasteiger partial charge in [-0.2, -0.15) is 0 Å². The SMILES string of the molecule is O=C(CNC(=O)OCCN1CCOCC1)NCc1ccc(Cl)cc1C(=O)c1ccccc1F. The standard InChI is InChI=1S/C23H25ClFN3O5/c24-17-6-5-16(19(13-17)22(30)18-3-1-2-4-20(18)25)14-26-21(29)15-27-23(31)33-12-9-28-7-10-32-11-8-28/h1-6,13H,7-12,14-15H2,(H,26,29)(H,27,31). The number of hydrogen-bond donors (Lipinski definition) is 2. The maximum atomic E-state index is 14.1. The number of alkyl carbamates (subject to hydrolysis) is 1. The molecule has 0 unspecified atom stereocenters. The fourth-order valence-electron chi connectivity index (χ4n) is 3.26. The number of nitrogens with zero attached hydrogens (tertiary/aromatic N) is 1. The largest absolute Gasteiger partial charge is 0.448 e. The first-order valence-corrected chi connectivity index (χ1v) is 10.9. The Labute approximate surface area is 196 Å². The van der Waals surface area contributed by atoms with E-state index >= 15 is 0 Å². The van der Waals surface area contributed by atoms with Crippen molar-refractivity contribution < 1.29 is 28.2 Å². The lowest BCUT2D eigenvalue weighted by Gasteiger charge is -2.26.